The number of hydrogen-bond donors (Lipinski definition) is 1. The van der Waals surface area contributed by atoms with Crippen molar-refractivity contribution in [3.8, 4) is 11.3 Å². The van der Waals surface area contributed by atoms with Crippen molar-refractivity contribution in [3.63, 3.8) is 0 Å². The van der Waals surface area contributed by atoms with Crippen LogP contribution in [-0.4, -0.2) is 20.8 Å². The average Bonchev–Trinajstić information content (AvgIpc) is 3.34. The summed E-state index contributed by atoms with van der Waals surface area (Å²) >= 11 is 0. The number of aryl methyl sites for hydroxylation is 3. The quantitative estimate of drug-likeness (QED) is 0.795. The third-order valence-electron chi connectivity index (χ3n) is 4.70. The molecule has 0 radical (unpaired) electrons. The molecule has 0 spiro atoms. The number of nitrogens with one attached hydrogen (secondary N) is 1. The summed E-state index contributed by atoms with van der Waals surface area (Å²) in [6.07, 6.45) is 6.00. The van der Waals surface area contributed by atoms with Crippen LogP contribution in [0.3, 0.4) is 0 Å². The van der Waals surface area contributed by atoms with Gasteiger partial charge in [0.2, 0.25) is 0 Å². The Morgan fingerprint density at radius 3 is 3.00 bits per heavy atom. The Bertz CT molecular complexity index is 925. The van der Waals surface area contributed by atoms with E-state index in [4.69, 9.17) is 4.52 Å². The summed E-state index contributed by atoms with van der Waals surface area (Å²) in [4.78, 5) is 12.4. The van der Waals surface area contributed by atoms with E-state index >= 15 is 0 Å². The molecule has 0 bridgehead atoms. The molecule has 1 aliphatic carbocycles. The monoisotopic (exact) mass is 336 g/mol. The lowest BCUT2D eigenvalue weighted by Gasteiger charge is -2.13. The second-order valence-electron chi connectivity index (χ2n) is 6.41. The van der Waals surface area contributed by atoms with Gasteiger partial charge in [-0.1, -0.05) is 24.2 Å². The van der Waals surface area contributed by atoms with Crippen LogP contribution in [0.2, 0.25) is 0 Å². The molecule has 6 nitrogen and oxygen atoms in total. The van der Waals surface area contributed by atoms with E-state index in [0.29, 0.717) is 5.56 Å². The lowest BCUT2D eigenvalue weighted by atomic mass is 10.0. The number of rotatable bonds is 4. The van der Waals surface area contributed by atoms with Crippen LogP contribution >= 0.6 is 0 Å². The molecule has 1 aromatic carbocycles. The summed E-state index contributed by atoms with van der Waals surface area (Å²) in [5.74, 6) is 0.802. The molecule has 128 valence electrons. The van der Waals surface area contributed by atoms with Gasteiger partial charge in [-0.05, 0) is 30.0 Å². The molecule has 2 heterocycles. The lowest BCUT2D eigenvalue weighted by Crippen LogP contribution is -2.26. The van der Waals surface area contributed by atoms with Gasteiger partial charge in [-0.2, -0.15) is 5.10 Å². The summed E-state index contributed by atoms with van der Waals surface area (Å²) in [7, 11) is 1.80. The maximum Gasteiger partial charge on any atom is 0.254 e. The Morgan fingerprint density at radius 2 is 2.28 bits per heavy atom. The zero-order chi connectivity index (χ0) is 17.4. The normalized spacial score (nSPS) is 16.0. The first kappa shape index (κ1) is 15.6. The highest BCUT2D eigenvalue weighted by Crippen LogP contribution is 2.34. The predicted octanol–water partition coefficient (Wildman–Crippen LogP) is 3.05. The van der Waals surface area contributed by atoms with Crippen LogP contribution in [0.1, 0.15) is 46.6 Å². The molecule has 1 amide bonds. The fraction of sp³-hybridized carbons (Fsp3) is 0.316. The van der Waals surface area contributed by atoms with E-state index in [2.05, 4.69) is 27.7 Å². The summed E-state index contributed by atoms with van der Waals surface area (Å²) in [6, 6.07) is 8.32. The smallest absolute Gasteiger partial charge is 0.254 e. The average molecular weight is 336 g/mol. The molecule has 1 unspecified atom stereocenters. The Balaban J connectivity index is 1.54. The number of hydrogen-bond acceptors (Lipinski definition) is 4. The Morgan fingerprint density at radius 1 is 1.40 bits per heavy atom. The van der Waals surface area contributed by atoms with Gasteiger partial charge in [-0.25, -0.2) is 0 Å². The molecule has 0 fully saturated rings. The second-order valence-corrected chi connectivity index (χ2v) is 6.41. The summed E-state index contributed by atoms with van der Waals surface area (Å²) < 4.78 is 6.93. The van der Waals surface area contributed by atoms with E-state index in [0.717, 1.165) is 36.3 Å². The molecule has 6 heteroatoms. The van der Waals surface area contributed by atoms with Gasteiger partial charge in [0, 0.05) is 31.3 Å². The van der Waals surface area contributed by atoms with Crippen molar-refractivity contribution < 1.29 is 9.32 Å². The molecule has 4 rings (SSSR count). The van der Waals surface area contributed by atoms with Crippen LogP contribution in [0, 0.1) is 0 Å². The van der Waals surface area contributed by atoms with E-state index < -0.39 is 0 Å². The highest BCUT2D eigenvalue weighted by molar-refractivity contribution is 5.94. The molecule has 0 saturated heterocycles. The van der Waals surface area contributed by atoms with Crippen molar-refractivity contribution in [1.82, 2.24) is 20.3 Å². The zero-order valence-corrected chi connectivity index (χ0v) is 14.3. The van der Waals surface area contributed by atoms with Crippen molar-refractivity contribution >= 4 is 5.91 Å². The van der Waals surface area contributed by atoms with E-state index in [1.54, 1.807) is 24.1 Å². The maximum atomic E-state index is 12.4. The standard InChI is InChI=1S/C19H20N4O2/c1-3-15-9-18(22-25-15)13-4-6-16-12(8-13)5-7-17(16)21-19(24)14-10-20-23(2)11-14/h4,6,8-11,17H,3,5,7H2,1-2H3,(H,21,24). The van der Waals surface area contributed by atoms with Crippen LogP contribution in [0.5, 0.6) is 0 Å². The molecular weight excluding hydrogens is 316 g/mol. The number of carbonyl (C=O) groups is 1. The molecule has 1 N–H and O–H groups in total. The molecular formula is C19H20N4O2. The van der Waals surface area contributed by atoms with Gasteiger partial charge in [-0.15, -0.1) is 0 Å². The Hall–Kier alpha value is -2.89. The van der Waals surface area contributed by atoms with Gasteiger partial charge in [-0.3, -0.25) is 9.48 Å². The van der Waals surface area contributed by atoms with E-state index in [-0.39, 0.29) is 11.9 Å². The summed E-state index contributed by atoms with van der Waals surface area (Å²) in [6.45, 7) is 2.04. The third-order valence-corrected chi connectivity index (χ3v) is 4.70. The number of nitrogens with zero attached hydrogens (tertiary/aromatic N) is 3. The third kappa shape index (κ3) is 2.95. The topological polar surface area (TPSA) is 73.0 Å². The molecule has 25 heavy (non-hydrogen) atoms. The molecule has 0 aliphatic heterocycles. The SMILES string of the molecule is CCc1cc(-c2ccc3c(c2)CCC3NC(=O)c2cnn(C)c2)no1. The van der Waals surface area contributed by atoms with Crippen molar-refractivity contribution in [2.24, 2.45) is 7.05 Å². The van der Waals surface area contributed by atoms with Gasteiger partial charge in [0.1, 0.15) is 11.5 Å². The van der Waals surface area contributed by atoms with Crippen LogP contribution in [0.4, 0.5) is 0 Å². The minimum Gasteiger partial charge on any atom is -0.361 e. The number of fused-ring (bicyclic) bond motifs is 1. The van der Waals surface area contributed by atoms with E-state index in [1.165, 1.54) is 11.1 Å². The van der Waals surface area contributed by atoms with Gasteiger partial charge >= 0.3 is 0 Å². The predicted molar refractivity (Wildman–Crippen MR) is 93.1 cm³/mol. The van der Waals surface area contributed by atoms with Gasteiger partial charge in [0.25, 0.3) is 5.91 Å². The number of benzene rings is 1. The first-order valence-corrected chi connectivity index (χ1v) is 8.52. The maximum absolute atomic E-state index is 12.4. The van der Waals surface area contributed by atoms with Gasteiger partial charge < -0.3 is 9.84 Å². The second kappa shape index (κ2) is 6.20. The minimum absolute atomic E-state index is 0.0419. The number of amides is 1. The van der Waals surface area contributed by atoms with E-state index in [1.807, 2.05) is 19.1 Å². The Labute approximate surface area is 145 Å². The van der Waals surface area contributed by atoms with Crippen molar-refractivity contribution in [3.05, 3.63) is 59.1 Å². The molecule has 1 atom stereocenters. The fourth-order valence-corrected chi connectivity index (χ4v) is 3.32. The highest BCUT2D eigenvalue weighted by Gasteiger charge is 2.25. The van der Waals surface area contributed by atoms with E-state index in [9.17, 15) is 4.79 Å². The lowest BCUT2D eigenvalue weighted by molar-refractivity contribution is 0.0936. The van der Waals surface area contributed by atoms with Crippen molar-refractivity contribution in [2.75, 3.05) is 0 Å². The van der Waals surface area contributed by atoms with Gasteiger partial charge in [0.05, 0.1) is 17.8 Å². The van der Waals surface area contributed by atoms with Crippen LogP contribution in [0.15, 0.2) is 41.2 Å². The molecule has 3 aromatic rings. The van der Waals surface area contributed by atoms with Crippen LogP contribution in [-0.2, 0) is 19.9 Å². The largest absolute Gasteiger partial charge is 0.361 e. The van der Waals surface area contributed by atoms with Crippen molar-refractivity contribution in [1.29, 1.82) is 0 Å². The Kier molecular flexibility index (Phi) is 3.87. The molecule has 1 aliphatic rings. The first-order valence-electron chi connectivity index (χ1n) is 8.52. The van der Waals surface area contributed by atoms with Crippen LogP contribution < -0.4 is 5.32 Å². The van der Waals surface area contributed by atoms with Gasteiger partial charge in [0.15, 0.2) is 0 Å². The fourth-order valence-electron chi connectivity index (χ4n) is 3.32. The number of carbonyl (C=O) groups excluding carboxylic acids is 1. The number of aromatic nitrogens is 3. The summed E-state index contributed by atoms with van der Waals surface area (Å²) in [5, 5.41) is 11.3. The molecule has 0 saturated carbocycles. The zero-order valence-electron chi connectivity index (χ0n) is 14.3. The molecule has 2 aromatic heterocycles. The van der Waals surface area contributed by atoms with Crippen molar-refractivity contribution in [2.45, 2.75) is 32.2 Å². The minimum atomic E-state index is -0.0842. The highest BCUT2D eigenvalue weighted by atomic mass is 16.5. The first-order chi connectivity index (χ1) is 12.1. The van der Waals surface area contributed by atoms with Crippen LogP contribution in [0.25, 0.3) is 11.3 Å². The summed E-state index contributed by atoms with van der Waals surface area (Å²) in [5.41, 5.74) is 4.95.